The zero-order valence-electron chi connectivity index (χ0n) is 11.8. The number of hydrogen-bond acceptors (Lipinski definition) is 1. The summed E-state index contributed by atoms with van der Waals surface area (Å²) >= 11 is 12.6. The van der Waals surface area contributed by atoms with Crippen molar-refractivity contribution in [2.45, 2.75) is 26.3 Å². The minimum Gasteiger partial charge on any atom is -0.306 e. The molecule has 0 amide bonds. The van der Waals surface area contributed by atoms with Crippen molar-refractivity contribution in [3.8, 4) is 0 Å². The van der Waals surface area contributed by atoms with Gasteiger partial charge in [0.1, 0.15) is 0 Å². The Morgan fingerprint density at radius 1 is 0.950 bits per heavy atom. The number of halogens is 2. The first-order valence-corrected chi connectivity index (χ1v) is 7.63. The lowest BCUT2D eigenvalue weighted by Crippen LogP contribution is -2.24. The fraction of sp³-hybridized carbons (Fsp3) is 0.294. The van der Waals surface area contributed by atoms with E-state index in [2.05, 4.69) is 31.3 Å². The second kappa shape index (κ2) is 7.12. The van der Waals surface area contributed by atoms with Crippen LogP contribution in [-0.2, 0) is 0 Å². The largest absolute Gasteiger partial charge is 0.306 e. The molecule has 0 bridgehead atoms. The van der Waals surface area contributed by atoms with Gasteiger partial charge in [0.2, 0.25) is 0 Å². The maximum absolute atomic E-state index is 6.37. The molecule has 0 spiro atoms. The summed E-state index contributed by atoms with van der Waals surface area (Å²) in [5.41, 5.74) is 3.37. The first-order chi connectivity index (χ1) is 9.65. The Balaban J connectivity index is 2.47. The molecule has 1 atom stereocenters. The van der Waals surface area contributed by atoms with Crippen molar-refractivity contribution in [1.29, 1.82) is 0 Å². The molecule has 2 aromatic rings. The van der Waals surface area contributed by atoms with E-state index in [9.17, 15) is 0 Å². The Morgan fingerprint density at radius 2 is 1.60 bits per heavy atom. The molecule has 0 aliphatic carbocycles. The van der Waals surface area contributed by atoms with Gasteiger partial charge in [-0.3, -0.25) is 0 Å². The fourth-order valence-corrected chi connectivity index (χ4v) is 2.75. The van der Waals surface area contributed by atoms with Gasteiger partial charge in [-0.2, -0.15) is 0 Å². The van der Waals surface area contributed by atoms with E-state index in [4.69, 9.17) is 23.2 Å². The highest BCUT2D eigenvalue weighted by molar-refractivity contribution is 6.32. The van der Waals surface area contributed by atoms with Gasteiger partial charge >= 0.3 is 0 Å². The highest BCUT2D eigenvalue weighted by Gasteiger charge is 2.18. The third-order valence-electron chi connectivity index (χ3n) is 3.44. The van der Waals surface area contributed by atoms with E-state index in [-0.39, 0.29) is 6.04 Å². The summed E-state index contributed by atoms with van der Waals surface area (Å²) in [6.07, 6.45) is 1.07. The third kappa shape index (κ3) is 3.35. The van der Waals surface area contributed by atoms with Crippen LogP contribution in [0, 0.1) is 6.92 Å². The lowest BCUT2D eigenvalue weighted by Gasteiger charge is -2.23. The van der Waals surface area contributed by atoms with Crippen LogP contribution in [0.15, 0.2) is 42.5 Å². The Hall–Kier alpha value is -1.02. The average molecular weight is 308 g/mol. The molecule has 1 nitrogen and oxygen atoms in total. The fourth-order valence-electron chi connectivity index (χ4n) is 2.32. The lowest BCUT2D eigenvalue weighted by atomic mass is 9.94. The highest BCUT2D eigenvalue weighted by Crippen LogP contribution is 2.32. The Bertz CT molecular complexity index is 581. The molecular formula is C17H19Cl2N. The first kappa shape index (κ1) is 15.4. The van der Waals surface area contributed by atoms with E-state index in [1.165, 1.54) is 5.56 Å². The first-order valence-electron chi connectivity index (χ1n) is 6.88. The quantitative estimate of drug-likeness (QED) is 0.780. The SMILES string of the molecule is CCCNC(c1ccccc1Cl)c1cccc(Cl)c1C. The van der Waals surface area contributed by atoms with Crippen LogP contribution in [0.3, 0.4) is 0 Å². The molecule has 2 rings (SSSR count). The maximum Gasteiger partial charge on any atom is 0.0594 e. The van der Waals surface area contributed by atoms with Gasteiger partial charge < -0.3 is 5.32 Å². The van der Waals surface area contributed by atoms with Crippen LogP contribution >= 0.6 is 23.2 Å². The molecular weight excluding hydrogens is 289 g/mol. The normalized spacial score (nSPS) is 12.4. The van der Waals surface area contributed by atoms with Crippen LogP contribution in [0.1, 0.15) is 36.1 Å². The zero-order valence-corrected chi connectivity index (χ0v) is 13.3. The van der Waals surface area contributed by atoms with Crippen molar-refractivity contribution < 1.29 is 0 Å². The second-order valence-electron chi connectivity index (χ2n) is 4.86. The number of hydrogen-bond donors (Lipinski definition) is 1. The smallest absolute Gasteiger partial charge is 0.0594 e. The Morgan fingerprint density at radius 3 is 2.30 bits per heavy atom. The van der Waals surface area contributed by atoms with Crippen LogP contribution in [-0.4, -0.2) is 6.54 Å². The molecule has 1 unspecified atom stereocenters. The molecule has 0 saturated carbocycles. The van der Waals surface area contributed by atoms with Crippen LogP contribution in [0.2, 0.25) is 10.0 Å². The van der Waals surface area contributed by atoms with E-state index in [0.717, 1.165) is 34.1 Å². The number of nitrogens with one attached hydrogen (secondary N) is 1. The monoisotopic (exact) mass is 307 g/mol. The molecule has 0 radical (unpaired) electrons. The average Bonchev–Trinajstić information content (AvgIpc) is 2.45. The van der Waals surface area contributed by atoms with Crippen molar-refractivity contribution >= 4 is 23.2 Å². The summed E-state index contributed by atoms with van der Waals surface area (Å²) in [6, 6.07) is 14.1. The molecule has 2 aromatic carbocycles. The molecule has 0 aliphatic heterocycles. The molecule has 0 heterocycles. The molecule has 3 heteroatoms. The van der Waals surface area contributed by atoms with Crippen LogP contribution in [0.5, 0.6) is 0 Å². The molecule has 20 heavy (non-hydrogen) atoms. The van der Waals surface area contributed by atoms with E-state index in [1.54, 1.807) is 0 Å². The van der Waals surface area contributed by atoms with Gasteiger partial charge in [-0.1, -0.05) is 60.5 Å². The van der Waals surface area contributed by atoms with Crippen LogP contribution in [0.25, 0.3) is 0 Å². The second-order valence-corrected chi connectivity index (χ2v) is 5.68. The summed E-state index contributed by atoms with van der Waals surface area (Å²) < 4.78 is 0. The van der Waals surface area contributed by atoms with E-state index >= 15 is 0 Å². The van der Waals surface area contributed by atoms with Crippen molar-refractivity contribution in [2.75, 3.05) is 6.54 Å². The summed E-state index contributed by atoms with van der Waals surface area (Å²) in [5, 5.41) is 5.14. The van der Waals surface area contributed by atoms with Crippen LogP contribution < -0.4 is 5.32 Å². The van der Waals surface area contributed by atoms with Gasteiger partial charge in [0.15, 0.2) is 0 Å². The van der Waals surface area contributed by atoms with Crippen molar-refractivity contribution in [3.63, 3.8) is 0 Å². The summed E-state index contributed by atoms with van der Waals surface area (Å²) in [6.45, 7) is 5.14. The summed E-state index contributed by atoms with van der Waals surface area (Å²) in [5.74, 6) is 0. The maximum atomic E-state index is 6.37. The van der Waals surface area contributed by atoms with E-state index < -0.39 is 0 Å². The van der Waals surface area contributed by atoms with Gasteiger partial charge in [0, 0.05) is 10.0 Å². The number of rotatable bonds is 5. The minimum atomic E-state index is 0.0716. The molecule has 1 N–H and O–H groups in total. The molecule has 0 aromatic heterocycles. The molecule has 0 saturated heterocycles. The van der Waals surface area contributed by atoms with Crippen molar-refractivity contribution in [3.05, 3.63) is 69.2 Å². The zero-order chi connectivity index (χ0) is 14.5. The topological polar surface area (TPSA) is 12.0 Å². The van der Waals surface area contributed by atoms with Gasteiger partial charge in [-0.05, 0) is 48.7 Å². The number of benzene rings is 2. The van der Waals surface area contributed by atoms with Gasteiger partial charge in [0.25, 0.3) is 0 Å². The van der Waals surface area contributed by atoms with E-state index in [1.807, 2.05) is 30.3 Å². The Labute approximate surface area is 130 Å². The van der Waals surface area contributed by atoms with E-state index in [0.29, 0.717) is 0 Å². The summed E-state index contributed by atoms with van der Waals surface area (Å²) in [7, 11) is 0. The Kier molecular flexibility index (Phi) is 5.47. The van der Waals surface area contributed by atoms with Crippen molar-refractivity contribution in [1.82, 2.24) is 5.32 Å². The van der Waals surface area contributed by atoms with Gasteiger partial charge in [-0.15, -0.1) is 0 Å². The predicted octanol–water partition coefficient (Wildman–Crippen LogP) is 5.39. The highest BCUT2D eigenvalue weighted by atomic mass is 35.5. The van der Waals surface area contributed by atoms with Crippen LogP contribution in [0.4, 0.5) is 0 Å². The van der Waals surface area contributed by atoms with Gasteiger partial charge in [0.05, 0.1) is 6.04 Å². The molecule has 106 valence electrons. The van der Waals surface area contributed by atoms with Gasteiger partial charge in [-0.25, -0.2) is 0 Å². The predicted molar refractivity (Wildman–Crippen MR) is 87.8 cm³/mol. The minimum absolute atomic E-state index is 0.0716. The summed E-state index contributed by atoms with van der Waals surface area (Å²) in [4.78, 5) is 0. The molecule has 0 aliphatic rings. The van der Waals surface area contributed by atoms with Crippen molar-refractivity contribution in [2.24, 2.45) is 0 Å². The standard InChI is InChI=1S/C17H19Cl2N/c1-3-11-20-17(14-7-4-5-9-16(14)19)13-8-6-10-15(18)12(13)2/h4-10,17,20H,3,11H2,1-2H3. The third-order valence-corrected chi connectivity index (χ3v) is 4.19. The molecule has 0 fully saturated rings. The lowest BCUT2D eigenvalue weighted by molar-refractivity contribution is 0.596.